The summed E-state index contributed by atoms with van der Waals surface area (Å²) in [7, 11) is 0. The molecule has 0 aromatic carbocycles. The van der Waals surface area contributed by atoms with Crippen molar-refractivity contribution in [1.29, 1.82) is 0 Å². The minimum atomic E-state index is -1.96. The number of hydrogen-bond donors (Lipinski definition) is 2. The van der Waals surface area contributed by atoms with Crippen LogP contribution in [0.1, 0.15) is 12.8 Å². The molecule has 6 nitrogen and oxygen atoms in total. The second kappa shape index (κ2) is 3.80. The zero-order chi connectivity index (χ0) is 12.9. The molecule has 1 saturated heterocycles. The van der Waals surface area contributed by atoms with E-state index in [4.69, 9.17) is 9.84 Å². The summed E-state index contributed by atoms with van der Waals surface area (Å²) in [4.78, 5) is 23.1. The maximum Gasteiger partial charge on any atom is 0.399 e. The van der Waals surface area contributed by atoms with E-state index in [0.717, 1.165) is 6.42 Å². The highest BCUT2D eigenvalue weighted by molar-refractivity contribution is 5.94. The molecule has 0 aromatic heterocycles. The molecule has 3 rings (SSSR count). The van der Waals surface area contributed by atoms with Gasteiger partial charge in [0, 0.05) is 0 Å². The van der Waals surface area contributed by atoms with Crippen LogP contribution in [0.4, 0.5) is 0 Å². The molecule has 98 valence electrons. The van der Waals surface area contributed by atoms with Gasteiger partial charge in [0.15, 0.2) is 6.10 Å². The lowest BCUT2D eigenvalue weighted by Gasteiger charge is -2.20. The van der Waals surface area contributed by atoms with Crippen molar-refractivity contribution in [2.45, 2.75) is 24.7 Å². The minimum Gasteiger partial charge on any atom is -0.409 e. The van der Waals surface area contributed by atoms with Gasteiger partial charge in [0.05, 0.1) is 12.5 Å². The van der Waals surface area contributed by atoms with Crippen molar-refractivity contribution >= 4 is 11.9 Å². The van der Waals surface area contributed by atoms with E-state index >= 15 is 0 Å². The number of esters is 1. The third-order valence-electron chi connectivity index (χ3n) is 3.93. The number of aliphatic hydroxyl groups is 2. The zero-order valence-electron chi connectivity index (χ0n) is 9.61. The second-order valence-electron chi connectivity index (χ2n) is 5.06. The fourth-order valence-electron chi connectivity index (χ4n) is 2.84. The Hall–Kier alpha value is -1.40. The molecule has 2 N–H and O–H groups in total. The van der Waals surface area contributed by atoms with E-state index in [0.29, 0.717) is 12.3 Å². The van der Waals surface area contributed by atoms with Crippen LogP contribution in [0, 0.1) is 17.8 Å². The quantitative estimate of drug-likeness (QED) is 0.393. The SMILES string of the molecule is O=C(OC1(C(O)CO)OC1=O)C1CC2C=CC1C2. The van der Waals surface area contributed by atoms with Gasteiger partial charge in [-0.25, -0.2) is 4.79 Å². The maximum atomic E-state index is 12.0. The van der Waals surface area contributed by atoms with Crippen molar-refractivity contribution < 1.29 is 29.3 Å². The van der Waals surface area contributed by atoms with Gasteiger partial charge in [0.1, 0.15) is 0 Å². The Morgan fingerprint density at radius 2 is 2.28 bits per heavy atom. The van der Waals surface area contributed by atoms with E-state index in [1.165, 1.54) is 0 Å². The number of rotatable bonds is 4. The molecule has 2 bridgehead atoms. The first-order valence-corrected chi connectivity index (χ1v) is 6.00. The van der Waals surface area contributed by atoms with Crippen LogP contribution in [0.15, 0.2) is 12.2 Å². The summed E-state index contributed by atoms with van der Waals surface area (Å²) in [5, 5.41) is 18.3. The third-order valence-corrected chi connectivity index (χ3v) is 3.93. The Morgan fingerprint density at radius 1 is 1.56 bits per heavy atom. The van der Waals surface area contributed by atoms with E-state index in [-0.39, 0.29) is 11.8 Å². The average molecular weight is 254 g/mol. The Labute approximate surface area is 103 Å². The van der Waals surface area contributed by atoms with Crippen molar-refractivity contribution in [2.75, 3.05) is 6.61 Å². The van der Waals surface area contributed by atoms with Gasteiger partial charge < -0.3 is 19.7 Å². The Morgan fingerprint density at radius 3 is 2.72 bits per heavy atom. The second-order valence-corrected chi connectivity index (χ2v) is 5.06. The summed E-state index contributed by atoms with van der Waals surface area (Å²) < 4.78 is 9.55. The minimum absolute atomic E-state index is 0.152. The lowest BCUT2D eigenvalue weighted by Crippen LogP contribution is -2.40. The smallest absolute Gasteiger partial charge is 0.399 e. The highest BCUT2D eigenvalue weighted by Crippen LogP contribution is 2.45. The molecule has 0 amide bonds. The summed E-state index contributed by atoms with van der Waals surface area (Å²) in [5.41, 5.74) is 0. The third kappa shape index (κ3) is 1.56. The highest BCUT2D eigenvalue weighted by Gasteiger charge is 2.68. The largest absolute Gasteiger partial charge is 0.409 e. The molecule has 5 unspecified atom stereocenters. The summed E-state index contributed by atoms with van der Waals surface area (Å²) >= 11 is 0. The Kier molecular flexibility index (Phi) is 2.46. The highest BCUT2D eigenvalue weighted by atomic mass is 16.8. The fourth-order valence-corrected chi connectivity index (χ4v) is 2.84. The number of aliphatic hydroxyl groups excluding tert-OH is 2. The molecule has 2 aliphatic carbocycles. The van der Waals surface area contributed by atoms with Gasteiger partial charge in [-0.15, -0.1) is 0 Å². The average Bonchev–Trinajstić information content (AvgIpc) is 2.77. The van der Waals surface area contributed by atoms with E-state index in [1.54, 1.807) is 0 Å². The molecular weight excluding hydrogens is 240 g/mol. The van der Waals surface area contributed by atoms with Gasteiger partial charge in [-0.05, 0) is 24.7 Å². The summed E-state index contributed by atoms with van der Waals surface area (Å²) in [6.07, 6.45) is 4.20. The van der Waals surface area contributed by atoms with Crippen LogP contribution >= 0.6 is 0 Å². The standard InChI is InChI=1S/C12H14O6/c13-5-9(14)12(11(16)18-12)17-10(15)8-4-6-1-2-7(8)3-6/h1-2,6-9,13-14H,3-5H2. The van der Waals surface area contributed by atoms with Gasteiger partial charge in [0.2, 0.25) is 0 Å². The summed E-state index contributed by atoms with van der Waals surface area (Å²) in [5.74, 6) is -3.03. The van der Waals surface area contributed by atoms with Crippen LogP contribution in [0.3, 0.4) is 0 Å². The zero-order valence-corrected chi connectivity index (χ0v) is 9.61. The Balaban J connectivity index is 1.68. The predicted molar refractivity (Wildman–Crippen MR) is 56.9 cm³/mol. The molecule has 1 heterocycles. The summed E-state index contributed by atoms with van der Waals surface area (Å²) in [6, 6.07) is 0. The van der Waals surface area contributed by atoms with Crippen molar-refractivity contribution in [3.63, 3.8) is 0 Å². The van der Waals surface area contributed by atoms with Crippen LogP contribution in [0.25, 0.3) is 0 Å². The van der Waals surface area contributed by atoms with Crippen LogP contribution in [-0.4, -0.2) is 40.6 Å². The number of allylic oxidation sites excluding steroid dienone is 2. The Bertz CT molecular complexity index is 430. The van der Waals surface area contributed by atoms with Gasteiger partial charge in [-0.3, -0.25) is 4.79 Å². The van der Waals surface area contributed by atoms with Crippen LogP contribution < -0.4 is 0 Å². The lowest BCUT2D eigenvalue weighted by atomic mass is 9.94. The molecule has 0 radical (unpaired) electrons. The van der Waals surface area contributed by atoms with E-state index in [9.17, 15) is 14.7 Å². The van der Waals surface area contributed by atoms with Crippen molar-refractivity contribution in [3.05, 3.63) is 12.2 Å². The normalized spacial score (nSPS) is 41.7. The van der Waals surface area contributed by atoms with Gasteiger partial charge in [-0.1, -0.05) is 12.2 Å². The van der Waals surface area contributed by atoms with E-state index in [2.05, 4.69) is 10.8 Å². The van der Waals surface area contributed by atoms with Crippen LogP contribution in [-0.2, 0) is 19.1 Å². The van der Waals surface area contributed by atoms with Crippen molar-refractivity contribution in [2.24, 2.45) is 17.8 Å². The fraction of sp³-hybridized carbons (Fsp3) is 0.667. The molecule has 0 spiro atoms. The van der Waals surface area contributed by atoms with Crippen molar-refractivity contribution in [3.8, 4) is 0 Å². The molecule has 6 heteroatoms. The number of carbonyl (C=O) groups excluding carboxylic acids is 2. The first-order valence-electron chi connectivity index (χ1n) is 6.00. The van der Waals surface area contributed by atoms with E-state index < -0.39 is 30.4 Å². The van der Waals surface area contributed by atoms with Crippen molar-refractivity contribution in [1.82, 2.24) is 0 Å². The predicted octanol–water partition coefficient (Wildman–Crippen LogP) is -0.652. The maximum absolute atomic E-state index is 12.0. The number of carbonyl (C=O) groups is 2. The van der Waals surface area contributed by atoms with Gasteiger partial charge in [0.25, 0.3) is 0 Å². The van der Waals surface area contributed by atoms with Crippen LogP contribution in [0.2, 0.25) is 0 Å². The van der Waals surface area contributed by atoms with Gasteiger partial charge >= 0.3 is 17.7 Å². The number of hydrogen-bond acceptors (Lipinski definition) is 6. The first kappa shape index (κ1) is 11.7. The molecule has 1 saturated carbocycles. The molecule has 3 aliphatic rings. The molecule has 1 aliphatic heterocycles. The van der Waals surface area contributed by atoms with Crippen LogP contribution in [0.5, 0.6) is 0 Å². The van der Waals surface area contributed by atoms with E-state index in [1.807, 2.05) is 6.08 Å². The number of cyclic esters (lactones) is 1. The molecular formula is C12H14O6. The first-order chi connectivity index (χ1) is 8.56. The topological polar surface area (TPSA) is 96.4 Å². The number of fused-ring (bicyclic) bond motifs is 2. The molecule has 0 aromatic rings. The lowest BCUT2D eigenvalue weighted by molar-refractivity contribution is -0.181. The molecule has 18 heavy (non-hydrogen) atoms. The monoisotopic (exact) mass is 254 g/mol. The number of ether oxygens (including phenoxy) is 2. The molecule has 5 atom stereocenters. The van der Waals surface area contributed by atoms with Gasteiger partial charge in [-0.2, -0.15) is 0 Å². The summed E-state index contributed by atoms with van der Waals surface area (Å²) in [6.45, 7) is -0.699. The molecule has 2 fully saturated rings. The number of epoxide rings is 1.